The molecule has 0 spiro atoms. The average Bonchev–Trinajstić information content (AvgIpc) is 2.99. The molecule has 25 heavy (non-hydrogen) atoms. The zero-order chi connectivity index (χ0) is 17.4. The lowest BCUT2D eigenvalue weighted by molar-refractivity contribution is 0.585. The van der Waals surface area contributed by atoms with Gasteiger partial charge in [0, 0.05) is 61.1 Å². The van der Waals surface area contributed by atoms with Gasteiger partial charge in [-0.15, -0.1) is 0 Å². The molecule has 0 atom stereocenters. The van der Waals surface area contributed by atoms with Gasteiger partial charge in [0.2, 0.25) is 0 Å². The second-order valence-corrected chi connectivity index (χ2v) is 7.19. The van der Waals surface area contributed by atoms with Gasteiger partial charge in [-0.05, 0) is 50.1 Å². The first-order chi connectivity index (χ1) is 12.1. The first kappa shape index (κ1) is 16.2. The van der Waals surface area contributed by atoms with E-state index in [1.165, 1.54) is 27.6 Å². The van der Waals surface area contributed by atoms with Gasteiger partial charge in [0.15, 0.2) is 0 Å². The zero-order valence-corrected chi connectivity index (χ0v) is 15.3. The zero-order valence-electron chi connectivity index (χ0n) is 15.3. The monoisotopic (exact) mass is 334 g/mol. The van der Waals surface area contributed by atoms with Crippen LogP contribution in [-0.4, -0.2) is 35.7 Å². The lowest BCUT2D eigenvalue weighted by atomic mass is 10.0. The molecule has 1 aliphatic rings. The van der Waals surface area contributed by atoms with Gasteiger partial charge in [0.25, 0.3) is 0 Å². The van der Waals surface area contributed by atoms with Crippen molar-refractivity contribution in [3.8, 4) is 11.1 Å². The quantitative estimate of drug-likeness (QED) is 0.786. The molecule has 1 fully saturated rings. The Morgan fingerprint density at radius 1 is 1.04 bits per heavy atom. The predicted octanol–water partition coefficient (Wildman–Crippen LogP) is 4.00. The average molecular weight is 334 g/mol. The minimum absolute atomic E-state index is 0.458. The molecule has 0 aliphatic carbocycles. The van der Waals surface area contributed by atoms with Crippen LogP contribution in [0, 0.1) is 6.92 Å². The predicted molar refractivity (Wildman–Crippen MR) is 105 cm³/mol. The summed E-state index contributed by atoms with van der Waals surface area (Å²) in [5, 5.41) is 4.72. The van der Waals surface area contributed by atoms with E-state index in [4.69, 9.17) is 4.98 Å². The van der Waals surface area contributed by atoms with E-state index in [0.717, 1.165) is 32.0 Å². The van der Waals surface area contributed by atoms with Crippen molar-refractivity contribution in [2.24, 2.45) is 0 Å². The SMILES string of the molecule is Cc1cn(C(C)C)c2cc(-c3ccc(N4CCNCC4)nc3)ccc12. The van der Waals surface area contributed by atoms with Crippen LogP contribution in [0.4, 0.5) is 5.82 Å². The standard InChI is InChI=1S/C21H26N4/c1-15(2)25-14-16(3)19-6-4-17(12-20(19)25)18-5-7-21(23-13-18)24-10-8-22-9-11-24/h4-7,12-15,22H,8-11H2,1-3H3. The molecule has 0 radical (unpaired) electrons. The fourth-order valence-corrected chi connectivity index (χ4v) is 3.67. The summed E-state index contributed by atoms with van der Waals surface area (Å²) >= 11 is 0. The summed E-state index contributed by atoms with van der Waals surface area (Å²) in [4.78, 5) is 7.06. The minimum atomic E-state index is 0.458. The van der Waals surface area contributed by atoms with Crippen molar-refractivity contribution < 1.29 is 0 Å². The molecule has 4 heteroatoms. The van der Waals surface area contributed by atoms with Crippen molar-refractivity contribution in [3.05, 3.63) is 48.3 Å². The summed E-state index contributed by atoms with van der Waals surface area (Å²) < 4.78 is 2.36. The number of hydrogen-bond acceptors (Lipinski definition) is 3. The first-order valence-corrected chi connectivity index (χ1v) is 9.17. The summed E-state index contributed by atoms with van der Waals surface area (Å²) in [6.45, 7) is 10.8. The second-order valence-electron chi connectivity index (χ2n) is 7.19. The molecule has 2 aromatic heterocycles. The third-order valence-electron chi connectivity index (χ3n) is 5.11. The van der Waals surface area contributed by atoms with Crippen molar-refractivity contribution in [2.75, 3.05) is 31.1 Å². The van der Waals surface area contributed by atoms with Crippen LogP contribution in [-0.2, 0) is 0 Å². The molecule has 4 rings (SSSR count). The van der Waals surface area contributed by atoms with Crippen LogP contribution in [0.15, 0.2) is 42.7 Å². The lowest BCUT2D eigenvalue weighted by Gasteiger charge is -2.28. The van der Waals surface area contributed by atoms with Gasteiger partial charge in [-0.25, -0.2) is 4.98 Å². The number of aryl methyl sites for hydroxylation is 1. The van der Waals surface area contributed by atoms with Crippen molar-refractivity contribution in [2.45, 2.75) is 26.8 Å². The van der Waals surface area contributed by atoms with Gasteiger partial charge in [-0.3, -0.25) is 0 Å². The fraction of sp³-hybridized carbons (Fsp3) is 0.381. The Hall–Kier alpha value is -2.33. The summed E-state index contributed by atoms with van der Waals surface area (Å²) in [5.41, 5.74) is 5.04. The van der Waals surface area contributed by atoms with Crippen molar-refractivity contribution in [1.82, 2.24) is 14.9 Å². The van der Waals surface area contributed by atoms with Gasteiger partial charge in [0.1, 0.15) is 5.82 Å². The number of nitrogens with one attached hydrogen (secondary N) is 1. The van der Waals surface area contributed by atoms with Crippen LogP contribution in [0.2, 0.25) is 0 Å². The molecule has 1 N–H and O–H groups in total. The number of aromatic nitrogens is 2. The maximum absolute atomic E-state index is 4.71. The van der Waals surface area contributed by atoms with Crippen LogP contribution in [0.3, 0.4) is 0 Å². The molecular weight excluding hydrogens is 308 g/mol. The number of pyridine rings is 1. The molecule has 0 unspecified atom stereocenters. The third kappa shape index (κ3) is 3.02. The molecule has 1 aromatic carbocycles. The van der Waals surface area contributed by atoms with Crippen LogP contribution < -0.4 is 10.2 Å². The van der Waals surface area contributed by atoms with E-state index in [-0.39, 0.29) is 0 Å². The maximum atomic E-state index is 4.71. The van der Waals surface area contributed by atoms with E-state index in [0.29, 0.717) is 6.04 Å². The molecule has 0 bridgehead atoms. The Labute approximate surface area is 149 Å². The van der Waals surface area contributed by atoms with E-state index in [1.807, 2.05) is 6.20 Å². The maximum Gasteiger partial charge on any atom is 0.128 e. The van der Waals surface area contributed by atoms with Crippen LogP contribution >= 0.6 is 0 Å². The number of nitrogens with zero attached hydrogens (tertiary/aromatic N) is 3. The van der Waals surface area contributed by atoms with Crippen LogP contribution in [0.1, 0.15) is 25.5 Å². The number of hydrogen-bond donors (Lipinski definition) is 1. The summed E-state index contributed by atoms with van der Waals surface area (Å²) in [5.74, 6) is 1.08. The van der Waals surface area contributed by atoms with Gasteiger partial charge >= 0.3 is 0 Å². The first-order valence-electron chi connectivity index (χ1n) is 9.17. The fourth-order valence-electron chi connectivity index (χ4n) is 3.67. The Morgan fingerprint density at radius 2 is 1.80 bits per heavy atom. The Balaban J connectivity index is 1.68. The van der Waals surface area contributed by atoms with E-state index in [9.17, 15) is 0 Å². The molecule has 0 saturated carbocycles. The van der Waals surface area contributed by atoms with E-state index < -0.39 is 0 Å². The Bertz CT molecular complexity index is 871. The normalized spacial score (nSPS) is 15.3. The highest BCUT2D eigenvalue weighted by molar-refractivity contribution is 5.88. The molecule has 0 amide bonds. The van der Waals surface area contributed by atoms with Gasteiger partial charge in [0.05, 0.1) is 0 Å². The Kier molecular flexibility index (Phi) is 4.22. The van der Waals surface area contributed by atoms with E-state index >= 15 is 0 Å². The minimum Gasteiger partial charge on any atom is -0.354 e. The lowest BCUT2D eigenvalue weighted by Crippen LogP contribution is -2.43. The number of benzene rings is 1. The van der Waals surface area contributed by atoms with Crippen LogP contribution in [0.25, 0.3) is 22.0 Å². The number of piperazine rings is 1. The summed E-state index contributed by atoms with van der Waals surface area (Å²) in [7, 11) is 0. The summed E-state index contributed by atoms with van der Waals surface area (Å²) in [6, 6.07) is 11.5. The third-order valence-corrected chi connectivity index (χ3v) is 5.11. The number of anilines is 1. The van der Waals surface area contributed by atoms with Crippen molar-refractivity contribution in [1.29, 1.82) is 0 Å². The summed E-state index contributed by atoms with van der Waals surface area (Å²) in [6.07, 6.45) is 4.26. The highest BCUT2D eigenvalue weighted by Gasteiger charge is 2.13. The van der Waals surface area contributed by atoms with E-state index in [2.05, 4.69) is 72.1 Å². The molecule has 3 heterocycles. The van der Waals surface area contributed by atoms with Crippen molar-refractivity contribution >= 4 is 16.7 Å². The van der Waals surface area contributed by atoms with Gasteiger partial charge in [-0.2, -0.15) is 0 Å². The molecule has 4 nitrogen and oxygen atoms in total. The highest BCUT2D eigenvalue weighted by Crippen LogP contribution is 2.29. The smallest absolute Gasteiger partial charge is 0.128 e. The van der Waals surface area contributed by atoms with Gasteiger partial charge in [-0.1, -0.05) is 12.1 Å². The number of fused-ring (bicyclic) bond motifs is 1. The van der Waals surface area contributed by atoms with Gasteiger partial charge < -0.3 is 14.8 Å². The molecule has 130 valence electrons. The molecule has 1 aliphatic heterocycles. The molecular formula is C21H26N4. The highest BCUT2D eigenvalue weighted by atomic mass is 15.2. The van der Waals surface area contributed by atoms with Crippen LogP contribution in [0.5, 0.6) is 0 Å². The second kappa shape index (κ2) is 6.52. The molecule has 3 aromatic rings. The van der Waals surface area contributed by atoms with E-state index in [1.54, 1.807) is 0 Å². The molecule has 1 saturated heterocycles. The Morgan fingerprint density at radius 3 is 2.48 bits per heavy atom. The number of rotatable bonds is 3. The largest absolute Gasteiger partial charge is 0.354 e. The topological polar surface area (TPSA) is 33.1 Å². The van der Waals surface area contributed by atoms with Crippen molar-refractivity contribution in [3.63, 3.8) is 0 Å².